The van der Waals surface area contributed by atoms with Gasteiger partial charge in [-0.25, -0.2) is 14.0 Å². The molecular weight excluding hydrogens is 451 g/mol. The minimum absolute atomic E-state index is 0.0814. The third kappa shape index (κ3) is 4.47. The second-order valence-corrected chi connectivity index (χ2v) is 8.92. The van der Waals surface area contributed by atoms with E-state index >= 15 is 0 Å². The molecule has 2 aliphatic carbocycles. The molecule has 2 aliphatic rings. The van der Waals surface area contributed by atoms with Gasteiger partial charge in [-0.15, -0.1) is 0 Å². The maximum atomic E-state index is 14.1. The molecule has 5 rings (SSSR count). The zero-order valence-electron chi connectivity index (χ0n) is 18.7. The van der Waals surface area contributed by atoms with E-state index in [0.29, 0.717) is 12.8 Å². The van der Waals surface area contributed by atoms with Crippen LogP contribution in [0, 0.1) is 5.82 Å². The first-order chi connectivity index (χ1) is 16.9. The Bertz CT molecular complexity index is 1290. The van der Waals surface area contributed by atoms with Crippen molar-refractivity contribution in [1.82, 2.24) is 5.32 Å². The van der Waals surface area contributed by atoms with Crippen LogP contribution in [-0.4, -0.2) is 35.2 Å². The molecule has 0 saturated heterocycles. The largest absolute Gasteiger partial charge is 0.478 e. The number of alkyl carbamates (subject to hydrolysis) is 1. The van der Waals surface area contributed by atoms with Crippen molar-refractivity contribution < 1.29 is 28.6 Å². The van der Waals surface area contributed by atoms with Gasteiger partial charge in [0.25, 0.3) is 0 Å². The second-order valence-electron chi connectivity index (χ2n) is 8.92. The van der Waals surface area contributed by atoms with Gasteiger partial charge in [0.1, 0.15) is 12.4 Å². The number of fused-ring (bicyclic) bond motifs is 3. The average Bonchev–Trinajstić information content (AvgIpc) is 3.50. The number of hydrogen-bond donors (Lipinski definition) is 3. The van der Waals surface area contributed by atoms with Crippen molar-refractivity contribution in [2.75, 3.05) is 11.9 Å². The van der Waals surface area contributed by atoms with E-state index in [1.54, 1.807) is 0 Å². The Morgan fingerprint density at radius 3 is 2.17 bits per heavy atom. The first-order valence-corrected chi connectivity index (χ1v) is 11.3. The highest BCUT2D eigenvalue weighted by atomic mass is 19.1. The van der Waals surface area contributed by atoms with Crippen molar-refractivity contribution >= 4 is 23.7 Å². The van der Waals surface area contributed by atoms with E-state index in [0.717, 1.165) is 28.3 Å². The molecule has 2 amide bonds. The maximum absolute atomic E-state index is 14.1. The van der Waals surface area contributed by atoms with Crippen molar-refractivity contribution in [3.63, 3.8) is 0 Å². The van der Waals surface area contributed by atoms with E-state index in [4.69, 9.17) is 4.74 Å². The summed E-state index contributed by atoms with van der Waals surface area (Å²) in [4.78, 5) is 36.5. The highest BCUT2D eigenvalue weighted by Gasteiger charge is 2.46. The average molecular weight is 474 g/mol. The summed E-state index contributed by atoms with van der Waals surface area (Å²) >= 11 is 0. The molecule has 0 unspecified atom stereocenters. The van der Waals surface area contributed by atoms with Crippen molar-refractivity contribution in [3.05, 3.63) is 89.2 Å². The number of halogens is 1. The lowest BCUT2D eigenvalue weighted by Gasteiger charge is -2.19. The Labute approximate surface area is 200 Å². The van der Waals surface area contributed by atoms with Crippen LogP contribution in [0.25, 0.3) is 11.1 Å². The molecule has 7 nitrogen and oxygen atoms in total. The summed E-state index contributed by atoms with van der Waals surface area (Å²) < 4.78 is 19.7. The number of hydrogen-bond acceptors (Lipinski definition) is 4. The minimum Gasteiger partial charge on any atom is -0.478 e. The van der Waals surface area contributed by atoms with Gasteiger partial charge in [-0.1, -0.05) is 54.6 Å². The number of carboxylic acid groups (broad SMARTS) is 1. The van der Waals surface area contributed by atoms with E-state index in [-0.39, 0.29) is 30.2 Å². The van der Waals surface area contributed by atoms with E-state index in [1.807, 2.05) is 36.4 Å². The number of para-hydroxylation sites is 1. The topological polar surface area (TPSA) is 105 Å². The molecule has 3 N–H and O–H groups in total. The monoisotopic (exact) mass is 474 g/mol. The van der Waals surface area contributed by atoms with Crippen LogP contribution in [0.2, 0.25) is 0 Å². The summed E-state index contributed by atoms with van der Waals surface area (Å²) in [6.07, 6.45) is 0.376. The molecule has 35 heavy (non-hydrogen) atoms. The van der Waals surface area contributed by atoms with Gasteiger partial charge < -0.3 is 20.5 Å². The zero-order chi connectivity index (χ0) is 24.6. The number of carbonyl (C=O) groups is 3. The quantitative estimate of drug-likeness (QED) is 0.451. The third-order valence-electron chi connectivity index (χ3n) is 6.57. The molecular formula is C27H23FN2O5. The van der Waals surface area contributed by atoms with Gasteiger partial charge in [0.15, 0.2) is 0 Å². The van der Waals surface area contributed by atoms with Crippen LogP contribution in [0.1, 0.15) is 46.7 Å². The highest BCUT2D eigenvalue weighted by Crippen LogP contribution is 2.44. The number of carbonyl (C=O) groups excluding carboxylic acids is 2. The first kappa shape index (κ1) is 22.6. The van der Waals surface area contributed by atoms with Crippen molar-refractivity contribution in [1.29, 1.82) is 0 Å². The van der Waals surface area contributed by atoms with E-state index in [2.05, 4.69) is 22.8 Å². The third-order valence-corrected chi connectivity index (χ3v) is 6.57. The number of benzene rings is 3. The van der Waals surface area contributed by atoms with Gasteiger partial charge >= 0.3 is 12.1 Å². The molecule has 3 aromatic rings. The van der Waals surface area contributed by atoms with Gasteiger partial charge in [-0.05, 0) is 47.2 Å². The minimum atomic E-state index is -1.35. The summed E-state index contributed by atoms with van der Waals surface area (Å²) in [7, 11) is 0. The Morgan fingerprint density at radius 1 is 0.943 bits per heavy atom. The maximum Gasteiger partial charge on any atom is 0.407 e. The fourth-order valence-electron chi connectivity index (χ4n) is 4.67. The van der Waals surface area contributed by atoms with E-state index < -0.39 is 29.3 Å². The molecule has 0 aromatic heterocycles. The van der Waals surface area contributed by atoms with Gasteiger partial charge in [0.05, 0.1) is 23.2 Å². The van der Waals surface area contributed by atoms with Gasteiger partial charge in [-0.2, -0.15) is 0 Å². The van der Waals surface area contributed by atoms with Crippen LogP contribution in [0.5, 0.6) is 0 Å². The van der Waals surface area contributed by atoms with Crippen molar-refractivity contribution in [2.45, 2.75) is 30.7 Å². The van der Waals surface area contributed by atoms with E-state index in [9.17, 15) is 23.9 Å². The summed E-state index contributed by atoms with van der Waals surface area (Å²) in [5.74, 6) is -2.86. The summed E-state index contributed by atoms with van der Waals surface area (Å²) in [5, 5.41) is 14.4. The molecule has 0 heterocycles. The molecule has 0 radical (unpaired) electrons. The normalized spacial score (nSPS) is 15.0. The molecule has 0 spiro atoms. The molecule has 1 fully saturated rings. The lowest BCUT2D eigenvalue weighted by Crippen LogP contribution is -2.40. The number of ether oxygens (including phenoxy) is 1. The second kappa shape index (κ2) is 8.87. The summed E-state index contributed by atoms with van der Waals surface area (Å²) in [6, 6.07) is 19.6. The zero-order valence-corrected chi connectivity index (χ0v) is 18.7. The summed E-state index contributed by atoms with van der Waals surface area (Å²) in [5.41, 5.74) is 2.93. The van der Waals surface area contributed by atoms with Crippen LogP contribution in [-0.2, 0) is 9.53 Å². The lowest BCUT2D eigenvalue weighted by atomic mass is 9.98. The predicted octanol–water partition coefficient (Wildman–Crippen LogP) is 4.92. The molecule has 3 aromatic carbocycles. The Morgan fingerprint density at radius 2 is 1.57 bits per heavy atom. The fraction of sp³-hybridized carbons (Fsp3) is 0.222. The molecule has 0 bridgehead atoms. The molecule has 178 valence electrons. The number of carboxylic acids is 1. The van der Waals surface area contributed by atoms with Gasteiger partial charge in [0, 0.05) is 5.92 Å². The number of aromatic carboxylic acids is 1. The standard InChI is InChI=1S/C27H23FN2O5/c28-22-11-5-10-20(25(32)33)24(22)29-23(31)14-27(12-13-27)30-26(34)35-15-21-18-8-3-1-6-16(18)17-7-2-4-9-19(17)21/h1-11,21H,12-15H2,(H,29,31)(H,30,34)(H,32,33). The fourth-order valence-corrected chi connectivity index (χ4v) is 4.67. The Balaban J connectivity index is 1.21. The SMILES string of the molecule is O=C(CC1(NC(=O)OCC2c3ccccc3-c3ccccc32)CC1)Nc1c(F)cccc1C(=O)O. The van der Waals surface area contributed by atoms with Crippen LogP contribution in [0.15, 0.2) is 66.7 Å². The molecule has 0 atom stereocenters. The number of nitrogens with one attached hydrogen (secondary N) is 2. The Hall–Kier alpha value is -4.20. The van der Waals surface area contributed by atoms with Crippen LogP contribution >= 0.6 is 0 Å². The van der Waals surface area contributed by atoms with Gasteiger partial charge in [0.2, 0.25) is 5.91 Å². The smallest absolute Gasteiger partial charge is 0.407 e. The lowest BCUT2D eigenvalue weighted by molar-refractivity contribution is -0.116. The van der Waals surface area contributed by atoms with Crippen LogP contribution in [0.4, 0.5) is 14.9 Å². The Kier molecular flexibility index (Phi) is 5.72. The van der Waals surface area contributed by atoms with Crippen LogP contribution in [0.3, 0.4) is 0 Å². The van der Waals surface area contributed by atoms with Crippen LogP contribution < -0.4 is 10.6 Å². The highest BCUT2D eigenvalue weighted by molar-refractivity contribution is 6.01. The van der Waals surface area contributed by atoms with Crippen molar-refractivity contribution in [2.24, 2.45) is 0 Å². The number of rotatable bonds is 7. The summed E-state index contributed by atoms with van der Waals surface area (Å²) in [6.45, 7) is 0.152. The molecule has 0 aliphatic heterocycles. The van der Waals surface area contributed by atoms with Crippen molar-refractivity contribution in [3.8, 4) is 11.1 Å². The van der Waals surface area contributed by atoms with E-state index in [1.165, 1.54) is 12.1 Å². The molecule has 8 heteroatoms. The predicted molar refractivity (Wildman–Crippen MR) is 127 cm³/mol. The number of amides is 2. The molecule has 1 saturated carbocycles. The first-order valence-electron chi connectivity index (χ1n) is 11.3. The number of anilines is 1. The van der Waals surface area contributed by atoms with Gasteiger partial charge in [-0.3, -0.25) is 4.79 Å².